The zero-order valence-electron chi connectivity index (χ0n) is 17.6. The second kappa shape index (κ2) is 9.02. The van der Waals surface area contributed by atoms with Crippen LogP contribution < -0.4 is 9.47 Å². The van der Waals surface area contributed by atoms with Crippen molar-refractivity contribution >= 4 is 0 Å². The Morgan fingerprint density at radius 2 is 1.81 bits per heavy atom. The molecule has 2 aromatic rings. The predicted molar refractivity (Wildman–Crippen MR) is 112 cm³/mol. The first-order valence-corrected chi connectivity index (χ1v) is 10.4. The maximum Gasteiger partial charge on any atom is 0.229 e. The Morgan fingerprint density at radius 1 is 1.06 bits per heavy atom. The number of hydrogen-bond donors (Lipinski definition) is 4. The highest BCUT2D eigenvalue weighted by atomic mass is 16.7. The summed E-state index contributed by atoms with van der Waals surface area (Å²) in [5.74, 6) is 1.16. The summed E-state index contributed by atoms with van der Waals surface area (Å²) in [6, 6.07) is 11.1. The largest absolute Gasteiger partial charge is 0.508 e. The van der Waals surface area contributed by atoms with Crippen molar-refractivity contribution in [2.45, 2.75) is 43.5 Å². The second-order valence-corrected chi connectivity index (χ2v) is 8.19. The Morgan fingerprint density at radius 3 is 2.52 bits per heavy atom. The van der Waals surface area contributed by atoms with Crippen molar-refractivity contribution in [1.29, 1.82) is 0 Å². The van der Waals surface area contributed by atoms with E-state index >= 15 is 0 Å². The van der Waals surface area contributed by atoms with Gasteiger partial charge in [0.15, 0.2) is 11.5 Å². The van der Waals surface area contributed by atoms with Crippen molar-refractivity contribution in [3.05, 3.63) is 53.1 Å². The van der Waals surface area contributed by atoms with E-state index in [4.69, 9.17) is 14.2 Å². The molecule has 0 amide bonds. The van der Waals surface area contributed by atoms with Gasteiger partial charge in [-0.1, -0.05) is 12.1 Å². The van der Waals surface area contributed by atoms with Gasteiger partial charge in [-0.05, 0) is 60.8 Å². The van der Waals surface area contributed by atoms with Crippen molar-refractivity contribution in [3.63, 3.8) is 0 Å². The second-order valence-electron chi connectivity index (χ2n) is 8.19. The van der Waals surface area contributed by atoms with Gasteiger partial charge in [-0.15, -0.1) is 0 Å². The maximum absolute atomic E-state index is 10.3. The van der Waals surface area contributed by atoms with E-state index < -0.39 is 24.6 Å². The van der Waals surface area contributed by atoms with E-state index in [9.17, 15) is 20.4 Å². The molecule has 0 aliphatic carbocycles. The molecule has 0 saturated carbocycles. The van der Waals surface area contributed by atoms with Crippen LogP contribution in [0.1, 0.15) is 22.7 Å². The summed E-state index contributed by atoms with van der Waals surface area (Å²) in [5.41, 5.74) is 3.35. The molecule has 8 heteroatoms. The molecule has 8 nitrogen and oxygen atoms in total. The smallest absolute Gasteiger partial charge is 0.229 e. The molecule has 0 aromatic heterocycles. The van der Waals surface area contributed by atoms with Crippen LogP contribution in [-0.2, 0) is 17.6 Å². The minimum Gasteiger partial charge on any atom is -0.508 e. The molecule has 1 saturated heterocycles. The van der Waals surface area contributed by atoms with Gasteiger partial charge in [0.05, 0.1) is 13.7 Å². The molecule has 2 heterocycles. The van der Waals surface area contributed by atoms with Crippen LogP contribution in [0, 0.1) is 0 Å². The highest BCUT2D eigenvalue weighted by Crippen LogP contribution is 2.40. The summed E-state index contributed by atoms with van der Waals surface area (Å²) in [6.07, 6.45) is -3.41. The molecular weight excluding hydrogens is 402 g/mol. The zero-order valence-corrected chi connectivity index (χ0v) is 17.6. The Bertz CT molecular complexity index is 904. The number of phenolic OH excluding ortho intramolecular Hbond substituents is 1. The van der Waals surface area contributed by atoms with E-state index in [-0.39, 0.29) is 18.4 Å². The topological polar surface area (TPSA) is 112 Å². The fourth-order valence-corrected chi connectivity index (χ4v) is 4.22. The first-order valence-electron chi connectivity index (χ1n) is 10.4. The summed E-state index contributed by atoms with van der Waals surface area (Å²) >= 11 is 0. The van der Waals surface area contributed by atoms with Crippen molar-refractivity contribution in [3.8, 4) is 17.2 Å². The van der Waals surface area contributed by atoms with Crippen LogP contribution in [0.2, 0.25) is 0 Å². The third-order valence-electron chi connectivity index (χ3n) is 6.11. The van der Waals surface area contributed by atoms with Gasteiger partial charge in [-0.2, -0.15) is 0 Å². The van der Waals surface area contributed by atoms with E-state index in [1.807, 2.05) is 24.3 Å². The van der Waals surface area contributed by atoms with Gasteiger partial charge in [0, 0.05) is 12.6 Å². The number of hydrogen-bond acceptors (Lipinski definition) is 8. The molecule has 0 spiro atoms. The summed E-state index contributed by atoms with van der Waals surface area (Å²) < 4.78 is 16.8. The number of benzene rings is 2. The summed E-state index contributed by atoms with van der Waals surface area (Å²) in [4.78, 5) is 2.28. The molecule has 168 valence electrons. The van der Waals surface area contributed by atoms with Gasteiger partial charge < -0.3 is 34.6 Å². The van der Waals surface area contributed by atoms with Gasteiger partial charge in [-0.3, -0.25) is 4.90 Å². The number of nitrogens with zero attached hydrogens (tertiary/aromatic N) is 1. The Kier molecular flexibility index (Phi) is 6.36. The monoisotopic (exact) mass is 431 g/mol. The predicted octanol–water partition coefficient (Wildman–Crippen LogP) is 0.990. The zero-order chi connectivity index (χ0) is 22.1. The number of likely N-dealkylation sites (N-methyl/N-ethyl adjacent to an activating group) is 1. The highest BCUT2D eigenvalue weighted by molar-refractivity contribution is 5.50. The lowest BCUT2D eigenvalue weighted by Crippen LogP contribution is -2.54. The minimum absolute atomic E-state index is 0.0890. The molecule has 0 radical (unpaired) electrons. The Labute approximate surface area is 181 Å². The number of ether oxygens (including phenoxy) is 3. The van der Waals surface area contributed by atoms with Crippen LogP contribution in [0.15, 0.2) is 36.4 Å². The quantitative estimate of drug-likeness (QED) is 0.555. The molecule has 4 N–H and O–H groups in total. The number of fused-ring (bicyclic) bond motifs is 1. The first kappa shape index (κ1) is 21.9. The molecule has 4 rings (SSSR count). The lowest BCUT2D eigenvalue weighted by molar-refractivity contribution is -0.242. The van der Waals surface area contributed by atoms with Crippen LogP contribution in [0.25, 0.3) is 0 Å². The number of methoxy groups -OCH3 is 1. The highest BCUT2D eigenvalue weighted by Gasteiger charge is 2.39. The summed E-state index contributed by atoms with van der Waals surface area (Å²) in [5, 5.41) is 39.5. The average molecular weight is 431 g/mol. The van der Waals surface area contributed by atoms with Crippen LogP contribution in [0.4, 0.5) is 0 Å². The van der Waals surface area contributed by atoms with Crippen LogP contribution in [-0.4, -0.2) is 77.2 Å². The number of aliphatic hydroxyl groups is 3. The summed E-state index contributed by atoms with van der Waals surface area (Å²) in [6.45, 7) is 0.760. The van der Waals surface area contributed by atoms with Crippen molar-refractivity contribution < 1.29 is 34.6 Å². The fourth-order valence-electron chi connectivity index (χ4n) is 4.22. The van der Waals surface area contributed by atoms with E-state index in [1.165, 1.54) is 0 Å². The van der Waals surface area contributed by atoms with Crippen LogP contribution in [0.3, 0.4) is 0 Å². The first-order chi connectivity index (χ1) is 14.9. The number of phenols is 1. The average Bonchev–Trinajstić information content (AvgIpc) is 2.77. The van der Waals surface area contributed by atoms with Crippen LogP contribution in [0.5, 0.6) is 17.2 Å². The molecule has 0 unspecified atom stereocenters. The van der Waals surface area contributed by atoms with E-state index in [1.54, 1.807) is 19.2 Å². The van der Waals surface area contributed by atoms with E-state index in [0.717, 1.165) is 36.1 Å². The number of rotatable bonds is 5. The SMILES string of the molecule is COc1cc2c(cc1O[C@@H]1OC[C@@H](O)[C@H](O)[C@@H]1O)[C@@H](Cc1ccc(O)cc1)N(C)CC2. The van der Waals surface area contributed by atoms with Gasteiger partial charge in [0.25, 0.3) is 0 Å². The molecule has 2 aliphatic rings. The normalized spacial score (nSPS) is 28.7. The Balaban J connectivity index is 1.63. The van der Waals surface area contributed by atoms with Gasteiger partial charge in [0.1, 0.15) is 24.1 Å². The molecule has 2 aromatic carbocycles. The third-order valence-corrected chi connectivity index (χ3v) is 6.11. The van der Waals surface area contributed by atoms with E-state index in [0.29, 0.717) is 11.5 Å². The van der Waals surface area contributed by atoms with Gasteiger partial charge >= 0.3 is 0 Å². The third kappa shape index (κ3) is 4.49. The fraction of sp³-hybridized carbons (Fsp3) is 0.478. The lowest BCUT2D eigenvalue weighted by atomic mass is 9.88. The summed E-state index contributed by atoms with van der Waals surface area (Å²) in [7, 11) is 3.62. The van der Waals surface area contributed by atoms with Gasteiger partial charge in [0.2, 0.25) is 6.29 Å². The van der Waals surface area contributed by atoms with Crippen LogP contribution >= 0.6 is 0 Å². The minimum atomic E-state index is -1.39. The molecule has 0 bridgehead atoms. The molecule has 31 heavy (non-hydrogen) atoms. The maximum atomic E-state index is 10.3. The van der Waals surface area contributed by atoms with Gasteiger partial charge in [-0.25, -0.2) is 0 Å². The van der Waals surface area contributed by atoms with Crippen molar-refractivity contribution in [2.75, 3.05) is 27.3 Å². The molecule has 1 fully saturated rings. The Hall–Kier alpha value is -2.36. The van der Waals surface area contributed by atoms with E-state index in [2.05, 4.69) is 11.9 Å². The standard InChI is InChI=1S/C23H29NO7/c1-24-8-7-14-10-19(29-2)20(31-23-22(28)21(27)18(26)12-30-23)11-16(14)17(24)9-13-3-5-15(25)6-4-13/h3-6,10-11,17-18,21-23,25-28H,7-9,12H2,1-2H3/t17-,18-,21+,22+,23+/m1/s1. The molecule has 5 atom stereocenters. The lowest BCUT2D eigenvalue weighted by Gasteiger charge is -2.37. The molecule has 2 aliphatic heterocycles. The van der Waals surface area contributed by atoms with Crippen molar-refractivity contribution in [1.82, 2.24) is 4.90 Å². The number of aliphatic hydroxyl groups excluding tert-OH is 3. The van der Waals surface area contributed by atoms with Crippen molar-refractivity contribution in [2.24, 2.45) is 0 Å². The molecular formula is C23H29NO7. The number of aromatic hydroxyl groups is 1.